The van der Waals surface area contributed by atoms with Gasteiger partial charge in [-0.05, 0) is 55.3 Å². The lowest BCUT2D eigenvalue weighted by Crippen LogP contribution is -2.26. The molecular formula is C25H28FN3O6. The van der Waals surface area contributed by atoms with Crippen molar-refractivity contribution in [3.8, 4) is 17.2 Å². The number of carboxylic acid groups (broad SMARTS) is 1. The number of rotatable bonds is 14. The first-order valence-electron chi connectivity index (χ1n) is 11.3. The van der Waals surface area contributed by atoms with Crippen LogP contribution in [0.25, 0.3) is 11.5 Å². The molecule has 0 radical (unpaired) electrons. The minimum atomic E-state index is -1.00. The van der Waals surface area contributed by atoms with E-state index in [9.17, 15) is 14.3 Å². The molecule has 3 rings (SSSR count). The second-order valence-electron chi connectivity index (χ2n) is 7.56. The fourth-order valence-corrected chi connectivity index (χ4v) is 3.01. The van der Waals surface area contributed by atoms with Crippen molar-refractivity contribution < 1.29 is 33.0 Å². The Hall–Kier alpha value is -3.79. The highest BCUT2D eigenvalue weighted by atomic mass is 19.1. The molecule has 0 fully saturated rings. The predicted molar refractivity (Wildman–Crippen MR) is 126 cm³/mol. The molecule has 2 aromatic carbocycles. The number of halogens is 1. The molecule has 186 valence electrons. The highest BCUT2D eigenvalue weighted by molar-refractivity contribution is 5.97. The average Bonchev–Trinajstić information content (AvgIpc) is 3.34. The number of aliphatic carboxylic acids is 1. The molecule has 0 amide bonds. The molecule has 35 heavy (non-hydrogen) atoms. The van der Waals surface area contributed by atoms with E-state index in [1.54, 1.807) is 43.3 Å². The molecular weight excluding hydrogens is 457 g/mol. The minimum Gasteiger partial charge on any atom is -0.487 e. The largest absolute Gasteiger partial charge is 0.487 e. The minimum absolute atomic E-state index is 0.00673. The number of unbranched alkanes of at least 4 members (excludes halogenated alkanes) is 1. The van der Waals surface area contributed by atoms with E-state index < -0.39 is 12.1 Å². The normalized spacial score (nSPS) is 12.4. The molecule has 9 nitrogen and oxygen atoms in total. The summed E-state index contributed by atoms with van der Waals surface area (Å²) in [7, 11) is 0. The van der Waals surface area contributed by atoms with Gasteiger partial charge in [-0.15, -0.1) is 10.2 Å². The van der Waals surface area contributed by atoms with E-state index >= 15 is 0 Å². The Morgan fingerprint density at radius 3 is 2.51 bits per heavy atom. The van der Waals surface area contributed by atoms with Crippen molar-refractivity contribution >= 4 is 11.7 Å². The third kappa shape index (κ3) is 7.89. The number of nitrogens with zero attached hydrogens (tertiary/aromatic N) is 3. The van der Waals surface area contributed by atoms with Gasteiger partial charge in [-0.2, -0.15) is 0 Å². The molecule has 1 N–H and O–H groups in total. The molecule has 0 saturated heterocycles. The predicted octanol–water partition coefficient (Wildman–Crippen LogP) is 4.51. The van der Waals surface area contributed by atoms with Gasteiger partial charge < -0.3 is 23.8 Å². The number of carboxylic acids is 1. The summed E-state index contributed by atoms with van der Waals surface area (Å²) in [5.41, 5.74) is 1.67. The third-order valence-electron chi connectivity index (χ3n) is 4.89. The number of carbonyl (C=O) groups is 1. The zero-order valence-corrected chi connectivity index (χ0v) is 19.6. The monoisotopic (exact) mass is 485 g/mol. The Balaban J connectivity index is 1.68. The first-order chi connectivity index (χ1) is 17.0. The molecule has 0 spiro atoms. The molecule has 1 atom stereocenters. The maximum absolute atomic E-state index is 13.2. The molecule has 3 aromatic rings. The van der Waals surface area contributed by atoms with Crippen LogP contribution in [-0.4, -0.2) is 52.9 Å². The van der Waals surface area contributed by atoms with Crippen LogP contribution in [0.2, 0.25) is 0 Å². The van der Waals surface area contributed by atoms with E-state index in [-0.39, 0.29) is 30.6 Å². The molecule has 0 aliphatic carbocycles. The van der Waals surface area contributed by atoms with Crippen LogP contribution >= 0.6 is 0 Å². The molecule has 0 bridgehead atoms. The van der Waals surface area contributed by atoms with Crippen LogP contribution in [-0.2, 0) is 20.8 Å². The summed E-state index contributed by atoms with van der Waals surface area (Å²) in [5, 5.41) is 21.4. The SMILES string of the molecule is CCCCO/N=C(\COc1ccc(CC(OCC)C(=O)O)cc1)c1nnc(-c2ccc(F)cc2)o1. The van der Waals surface area contributed by atoms with Gasteiger partial charge in [-0.1, -0.05) is 30.6 Å². The van der Waals surface area contributed by atoms with E-state index in [4.69, 9.17) is 18.7 Å². The maximum Gasteiger partial charge on any atom is 0.333 e. The molecule has 0 saturated carbocycles. The number of oxime groups is 1. The number of hydrogen-bond donors (Lipinski definition) is 1. The van der Waals surface area contributed by atoms with Gasteiger partial charge in [-0.3, -0.25) is 0 Å². The summed E-state index contributed by atoms with van der Waals surface area (Å²) in [6, 6.07) is 12.7. The van der Waals surface area contributed by atoms with Gasteiger partial charge >= 0.3 is 5.97 Å². The van der Waals surface area contributed by atoms with Crippen molar-refractivity contribution in [2.75, 3.05) is 19.8 Å². The second kappa shape index (κ2) is 13.2. The third-order valence-corrected chi connectivity index (χ3v) is 4.89. The summed E-state index contributed by atoms with van der Waals surface area (Å²) in [6.45, 7) is 4.54. The van der Waals surface area contributed by atoms with Gasteiger partial charge in [0, 0.05) is 18.6 Å². The van der Waals surface area contributed by atoms with Crippen LogP contribution in [0.4, 0.5) is 4.39 Å². The van der Waals surface area contributed by atoms with Gasteiger partial charge in [0.1, 0.15) is 24.8 Å². The van der Waals surface area contributed by atoms with Gasteiger partial charge in [0.2, 0.25) is 5.89 Å². The van der Waals surface area contributed by atoms with Gasteiger partial charge in [0.15, 0.2) is 11.8 Å². The van der Waals surface area contributed by atoms with Crippen molar-refractivity contribution in [1.82, 2.24) is 10.2 Å². The number of ether oxygens (including phenoxy) is 2. The van der Waals surface area contributed by atoms with Crippen molar-refractivity contribution in [3.05, 3.63) is 65.8 Å². The topological polar surface area (TPSA) is 116 Å². The Labute approximate surface area is 202 Å². The van der Waals surface area contributed by atoms with Crippen LogP contribution in [0.15, 0.2) is 58.1 Å². The summed E-state index contributed by atoms with van der Waals surface area (Å²) in [4.78, 5) is 16.7. The molecule has 10 heteroatoms. The Morgan fingerprint density at radius 1 is 1.11 bits per heavy atom. The van der Waals surface area contributed by atoms with E-state index in [2.05, 4.69) is 15.4 Å². The van der Waals surface area contributed by atoms with Crippen LogP contribution in [0, 0.1) is 5.82 Å². The van der Waals surface area contributed by atoms with E-state index in [1.807, 2.05) is 6.92 Å². The van der Waals surface area contributed by atoms with Gasteiger partial charge in [0.25, 0.3) is 5.89 Å². The van der Waals surface area contributed by atoms with Crippen molar-refractivity contribution in [2.24, 2.45) is 5.16 Å². The zero-order chi connectivity index (χ0) is 25.0. The highest BCUT2D eigenvalue weighted by Gasteiger charge is 2.19. The highest BCUT2D eigenvalue weighted by Crippen LogP contribution is 2.19. The van der Waals surface area contributed by atoms with E-state index in [1.165, 1.54) is 12.1 Å². The van der Waals surface area contributed by atoms with Crippen molar-refractivity contribution in [3.63, 3.8) is 0 Å². The average molecular weight is 486 g/mol. The standard InChI is InChI=1S/C25H28FN3O6/c1-3-5-14-34-29-21(24-28-27-23(35-24)18-8-10-19(26)11-9-18)16-33-20-12-6-17(7-13-20)15-22(25(30)31)32-4-2/h6-13,22H,3-5,14-16H2,1-2H3,(H,30,31)/b29-21+. The lowest BCUT2D eigenvalue weighted by molar-refractivity contribution is -0.149. The Kier molecular flexibility index (Phi) is 9.73. The summed E-state index contributed by atoms with van der Waals surface area (Å²) < 4.78 is 30.0. The molecule has 1 heterocycles. The van der Waals surface area contributed by atoms with E-state index in [0.29, 0.717) is 30.2 Å². The van der Waals surface area contributed by atoms with Crippen molar-refractivity contribution in [1.29, 1.82) is 0 Å². The van der Waals surface area contributed by atoms with Gasteiger partial charge in [0.05, 0.1) is 0 Å². The quantitative estimate of drug-likeness (QED) is 0.201. The van der Waals surface area contributed by atoms with Crippen LogP contribution in [0.3, 0.4) is 0 Å². The van der Waals surface area contributed by atoms with Crippen LogP contribution in [0.1, 0.15) is 38.1 Å². The maximum atomic E-state index is 13.2. The molecule has 1 unspecified atom stereocenters. The first-order valence-corrected chi connectivity index (χ1v) is 11.3. The smallest absolute Gasteiger partial charge is 0.333 e. The Morgan fingerprint density at radius 2 is 1.86 bits per heavy atom. The first kappa shape index (κ1) is 25.8. The van der Waals surface area contributed by atoms with Crippen LogP contribution < -0.4 is 4.74 Å². The summed E-state index contributed by atoms with van der Waals surface area (Å²) >= 11 is 0. The number of aromatic nitrogens is 2. The van der Waals surface area contributed by atoms with Gasteiger partial charge in [-0.25, -0.2) is 9.18 Å². The fourth-order valence-electron chi connectivity index (χ4n) is 3.01. The second-order valence-corrected chi connectivity index (χ2v) is 7.56. The van der Waals surface area contributed by atoms with Crippen LogP contribution in [0.5, 0.6) is 5.75 Å². The Bertz CT molecular complexity index is 1100. The molecule has 0 aliphatic heterocycles. The lowest BCUT2D eigenvalue weighted by atomic mass is 10.1. The molecule has 1 aromatic heterocycles. The fraction of sp³-hybridized carbons (Fsp3) is 0.360. The molecule has 0 aliphatic rings. The number of benzene rings is 2. The summed E-state index contributed by atoms with van der Waals surface area (Å²) in [5.74, 6) is -0.491. The van der Waals surface area contributed by atoms with Crippen molar-refractivity contribution in [2.45, 2.75) is 39.2 Å². The lowest BCUT2D eigenvalue weighted by Gasteiger charge is -2.13. The summed E-state index contributed by atoms with van der Waals surface area (Å²) in [6.07, 6.45) is 1.13. The zero-order valence-electron chi connectivity index (χ0n) is 19.6. The number of hydrogen-bond acceptors (Lipinski definition) is 8. The van der Waals surface area contributed by atoms with E-state index in [0.717, 1.165) is 18.4 Å².